The van der Waals surface area contributed by atoms with Crippen molar-refractivity contribution in [3.8, 4) is 5.75 Å². The zero-order chi connectivity index (χ0) is 18.4. The molecule has 1 N–H and O–H groups in total. The van der Waals surface area contributed by atoms with Crippen LogP contribution in [0.15, 0.2) is 42.6 Å². The molecule has 0 radical (unpaired) electrons. The number of pyridine rings is 1. The number of benzene rings is 1. The van der Waals surface area contributed by atoms with Gasteiger partial charge in [-0.15, -0.1) is 0 Å². The predicted octanol–water partition coefficient (Wildman–Crippen LogP) is 3.92. The number of hydrogen-bond acceptors (Lipinski definition) is 4. The van der Waals surface area contributed by atoms with E-state index < -0.39 is 0 Å². The molecule has 1 fully saturated rings. The average Bonchev–Trinajstić information content (AvgIpc) is 2.68. The molecular weight excluding hydrogens is 350 g/mol. The maximum atomic E-state index is 11.9. The van der Waals surface area contributed by atoms with Crippen molar-refractivity contribution >= 4 is 23.3 Å². The second-order valence-corrected chi connectivity index (χ2v) is 6.80. The van der Waals surface area contributed by atoms with Gasteiger partial charge >= 0.3 is 0 Å². The molecule has 2 aromatic rings. The van der Waals surface area contributed by atoms with Crippen LogP contribution in [0.2, 0.25) is 5.02 Å². The zero-order valence-corrected chi connectivity index (χ0v) is 15.7. The molecule has 6 heteroatoms. The number of ether oxygens (including phenoxy) is 1. The van der Waals surface area contributed by atoms with E-state index in [4.69, 9.17) is 16.3 Å². The van der Waals surface area contributed by atoms with E-state index in [1.54, 1.807) is 6.20 Å². The molecular formula is C20H24ClN3O2. The summed E-state index contributed by atoms with van der Waals surface area (Å²) in [6.07, 6.45) is 4.54. The number of carbonyl (C=O) groups excluding carboxylic acids is 1. The number of carbonyl (C=O) groups is 1. The Balaban J connectivity index is 1.53. The Morgan fingerprint density at radius 3 is 2.69 bits per heavy atom. The van der Waals surface area contributed by atoms with Gasteiger partial charge in [0.15, 0.2) is 0 Å². The van der Waals surface area contributed by atoms with Crippen LogP contribution in [0.25, 0.3) is 0 Å². The number of nitrogens with zero attached hydrogens (tertiary/aromatic N) is 2. The van der Waals surface area contributed by atoms with E-state index in [0.29, 0.717) is 17.1 Å². The second-order valence-electron chi connectivity index (χ2n) is 6.40. The molecule has 1 amide bonds. The Morgan fingerprint density at radius 1 is 1.27 bits per heavy atom. The van der Waals surface area contributed by atoms with Crippen LogP contribution in [0.1, 0.15) is 36.5 Å². The average molecular weight is 374 g/mol. The van der Waals surface area contributed by atoms with Crippen LogP contribution in [-0.4, -0.2) is 36.6 Å². The lowest BCUT2D eigenvalue weighted by molar-refractivity contribution is 0.0953. The highest BCUT2D eigenvalue weighted by atomic mass is 35.5. The number of aromatic nitrogens is 1. The van der Waals surface area contributed by atoms with Crippen molar-refractivity contribution in [3.63, 3.8) is 0 Å². The molecule has 0 saturated carbocycles. The van der Waals surface area contributed by atoms with Crippen molar-refractivity contribution < 1.29 is 9.53 Å². The van der Waals surface area contributed by atoms with E-state index in [2.05, 4.69) is 15.2 Å². The van der Waals surface area contributed by atoms with Gasteiger partial charge in [-0.3, -0.25) is 4.79 Å². The largest absolute Gasteiger partial charge is 0.489 e. The highest BCUT2D eigenvalue weighted by Gasteiger charge is 2.22. The molecule has 138 valence electrons. The number of nitrogens with one attached hydrogen (secondary N) is 1. The van der Waals surface area contributed by atoms with E-state index in [1.165, 1.54) is 0 Å². The smallest absolute Gasteiger partial charge is 0.252 e. The summed E-state index contributed by atoms with van der Waals surface area (Å²) < 4.78 is 6.03. The van der Waals surface area contributed by atoms with Gasteiger partial charge in [0.1, 0.15) is 17.7 Å². The summed E-state index contributed by atoms with van der Waals surface area (Å²) in [5.74, 6) is 1.57. The van der Waals surface area contributed by atoms with Gasteiger partial charge in [0.2, 0.25) is 0 Å². The number of hydrogen-bond donors (Lipinski definition) is 1. The van der Waals surface area contributed by atoms with Gasteiger partial charge in [0.25, 0.3) is 5.91 Å². The lowest BCUT2D eigenvalue weighted by Gasteiger charge is -2.33. The molecule has 1 aromatic carbocycles. The number of anilines is 1. The molecule has 0 atom stereocenters. The van der Waals surface area contributed by atoms with Gasteiger partial charge in [-0.05, 0) is 30.7 Å². The van der Waals surface area contributed by atoms with Crippen LogP contribution >= 0.6 is 11.6 Å². The van der Waals surface area contributed by atoms with Crippen LogP contribution in [-0.2, 0) is 0 Å². The Morgan fingerprint density at radius 2 is 2.04 bits per heavy atom. The van der Waals surface area contributed by atoms with Gasteiger partial charge in [-0.1, -0.05) is 30.7 Å². The SMILES string of the molecule is CCCNC(=O)c1ccc(N2CCC(Oc3ccccc3Cl)CC2)nc1. The fraction of sp³-hybridized carbons (Fsp3) is 0.400. The van der Waals surface area contributed by atoms with Crippen molar-refractivity contribution in [2.75, 3.05) is 24.5 Å². The Hall–Kier alpha value is -2.27. The molecule has 1 aliphatic heterocycles. The van der Waals surface area contributed by atoms with Crippen LogP contribution in [0.3, 0.4) is 0 Å². The first-order valence-corrected chi connectivity index (χ1v) is 9.45. The van der Waals surface area contributed by atoms with E-state index in [9.17, 15) is 4.79 Å². The second kappa shape index (κ2) is 8.90. The Kier molecular flexibility index (Phi) is 6.34. The fourth-order valence-corrected chi connectivity index (χ4v) is 3.15. The summed E-state index contributed by atoms with van der Waals surface area (Å²) >= 11 is 6.16. The quantitative estimate of drug-likeness (QED) is 0.833. The molecule has 0 unspecified atom stereocenters. The number of para-hydroxylation sites is 1. The van der Waals surface area contributed by atoms with E-state index in [0.717, 1.165) is 43.9 Å². The lowest BCUT2D eigenvalue weighted by Crippen LogP contribution is -2.38. The van der Waals surface area contributed by atoms with E-state index in [1.807, 2.05) is 43.3 Å². The Labute approximate surface area is 159 Å². The van der Waals surface area contributed by atoms with Crippen molar-refractivity contribution in [3.05, 3.63) is 53.2 Å². The highest BCUT2D eigenvalue weighted by Crippen LogP contribution is 2.27. The molecule has 26 heavy (non-hydrogen) atoms. The first-order valence-electron chi connectivity index (χ1n) is 9.07. The number of rotatable bonds is 6. The minimum absolute atomic E-state index is 0.0715. The zero-order valence-electron chi connectivity index (χ0n) is 15.0. The first kappa shape index (κ1) is 18.5. The summed E-state index contributed by atoms with van der Waals surface area (Å²) in [6, 6.07) is 11.3. The molecule has 2 heterocycles. The third-order valence-corrected chi connectivity index (χ3v) is 4.75. The van der Waals surface area contributed by atoms with Crippen molar-refractivity contribution in [2.45, 2.75) is 32.3 Å². The summed E-state index contributed by atoms with van der Waals surface area (Å²) in [5.41, 5.74) is 0.596. The van der Waals surface area contributed by atoms with Crippen molar-refractivity contribution in [1.29, 1.82) is 0 Å². The number of halogens is 1. The van der Waals surface area contributed by atoms with Crippen molar-refractivity contribution in [1.82, 2.24) is 10.3 Å². The normalized spacial score (nSPS) is 14.9. The first-order chi connectivity index (χ1) is 12.7. The third-order valence-electron chi connectivity index (χ3n) is 4.44. The van der Waals surface area contributed by atoms with Crippen LogP contribution < -0.4 is 15.0 Å². The number of amides is 1. The molecule has 0 spiro atoms. The van der Waals surface area contributed by atoms with Gasteiger partial charge in [0.05, 0.1) is 10.6 Å². The lowest BCUT2D eigenvalue weighted by atomic mass is 10.1. The minimum Gasteiger partial charge on any atom is -0.489 e. The van der Waals surface area contributed by atoms with Crippen LogP contribution in [0.5, 0.6) is 5.75 Å². The third kappa shape index (κ3) is 4.67. The number of piperidine rings is 1. The predicted molar refractivity (Wildman–Crippen MR) is 104 cm³/mol. The van der Waals surface area contributed by atoms with Gasteiger partial charge < -0.3 is 15.0 Å². The molecule has 3 rings (SSSR count). The maximum absolute atomic E-state index is 11.9. The van der Waals surface area contributed by atoms with E-state index >= 15 is 0 Å². The van der Waals surface area contributed by atoms with Crippen LogP contribution in [0, 0.1) is 0 Å². The minimum atomic E-state index is -0.0715. The highest BCUT2D eigenvalue weighted by molar-refractivity contribution is 6.32. The summed E-state index contributed by atoms with van der Waals surface area (Å²) in [4.78, 5) is 18.6. The molecule has 1 aliphatic rings. The molecule has 1 saturated heterocycles. The fourth-order valence-electron chi connectivity index (χ4n) is 2.97. The van der Waals surface area contributed by atoms with Gasteiger partial charge in [-0.2, -0.15) is 0 Å². The van der Waals surface area contributed by atoms with Gasteiger partial charge in [0, 0.05) is 38.7 Å². The maximum Gasteiger partial charge on any atom is 0.252 e. The monoisotopic (exact) mass is 373 g/mol. The van der Waals surface area contributed by atoms with Gasteiger partial charge in [-0.25, -0.2) is 4.98 Å². The Bertz CT molecular complexity index is 728. The molecule has 1 aromatic heterocycles. The molecule has 0 aliphatic carbocycles. The topological polar surface area (TPSA) is 54.5 Å². The van der Waals surface area contributed by atoms with Crippen molar-refractivity contribution in [2.24, 2.45) is 0 Å². The summed E-state index contributed by atoms with van der Waals surface area (Å²) in [6.45, 7) is 4.44. The summed E-state index contributed by atoms with van der Waals surface area (Å²) in [5, 5.41) is 3.51. The van der Waals surface area contributed by atoms with E-state index in [-0.39, 0.29) is 12.0 Å². The molecule has 0 bridgehead atoms. The molecule has 5 nitrogen and oxygen atoms in total. The standard InChI is InChI=1S/C20H24ClN3O2/c1-2-11-22-20(25)15-7-8-19(23-14-15)24-12-9-16(10-13-24)26-18-6-4-3-5-17(18)21/h3-8,14,16H,2,9-13H2,1H3,(H,22,25). The van der Waals surface area contributed by atoms with Crippen LogP contribution in [0.4, 0.5) is 5.82 Å². The summed E-state index contributed by atoms with van der Waals surface area (Å²) in [7, 11) is 0.